The van der Waals surface area contributed by atoms with Gasteiger partial charge < -0.3 is 19.5 Å². The lowest BCUT2D eigenvalue weighted by Crippen LogP contribution is -2.02. The zero-order valence-electron chi connectivity index (χ0n) is 16.3. The third kappa shape index (κ3) is 5.11. The van der Waals surface area contributed by atoms with E-state index in [1.807, 2.05) is 48.5 Å². The molecule has 0 radical (unpaired) electrons. The predicted molar refractivity (Wildman–Crippen MR) is 114 cm³/mol. The van der Waals surface area contributed by atoms with E-state index in [-0.39, 0.29) is 0 Å². The van der Waals surface area contributed by atoms with Gasteiger partial charge in [-0.2, -0.15) is 0 Å². The number of ether oxygens (including phenoxy) is 3. The van der Waals surface area contributed by atoms with Crippen molar-refractivity contribution in [3.63, 3.8) is 0 Å². The number of nitrogens with one attached hydrogen (secondary N) is 1. The van der Waals surface area contributed by atoms with Crippen molar-refractivity contribution >= 4 is 17.3 Å². The van der Waals surface area contributed by atoms with Crippen molar-refractivity contribution in [3.05, 3.63) is 82.4 Å². The Kier molecular flexibility index (Phi) is 6.66. The summed E-state index contributed by atoms with van der Waals surface area (Å²) in [6.45, 7) is 3.10. The van der Waals surface area contributed by atoms with Crippen molar-refractivity contribution in [1.82, 2.24) is 0 Å². The topological polar surface area (TPSA) is 39.7 Å². The summed E-state index contributed by atoms with van der Waals surface area (Å²) in [4.78, 5) is 0. The zero-order valence-corrected chi connectivity index (χ0v) is 17.0. The molecule has 5 heteroatoms. The van der Waals surface area contributed by atoms with Crippen LogP contribution < -0.4 is 19.5 Å². The van der Waals surface area contributed by atoms with Gasteiger partial charge in [0.2, 0.25) is 0 Å². The Balaban J connectivity index is 1.68. The smallest absolute Gasteiger partial charge is 0.180 e. The highest BCUT2D eigenvalue weighted by molar-refractivity contribution is 6.32. The van der Waals surface area contributed by atoms with Gasteiger partial charge in [0, 0.05) is 12.2 Å². The van der Waals surface area contributed by atoms with Crippen molar-refractivity contribution in [2.45, 2.75) is 20.1 Å². The number of halogens is 1. The van der Waals surface area contributed by atoms with E-state index in [4.69, 9.17) is 25.8 Å². The SMILES string of the molecule is COc1ccc(NCc2cc(Cl)c(OCc3ccc(C)cc3)c(OC)c2)cc1. The van der Waals surface area contributed by atoms with Crippen molar-refractivity contribution in [2.24, 2.45) is 0 Å². The molecule has 0 spiro atoms. The van der Waals surface area contributed by atoms with Gasteiger partial charge in [-0.25, -0.2) is 0 Å². The van der Waals surface area contributed by atoms with E-state index in [9.17, 15) is 0 Å². The molecule has 0 atom stereocenters. The molecule has 3 rings (SSSR count). The highest BCUT2D eigenvalue weighted by Crippen LogP contribution is 2.37. The van der Waals surface area contributed by atoms with Crippen LogP contribution in [0.4, 0.5) is 5.69 Å². The molecule has 0 aliphatic rings. The first-order valence-corrected chi connectivity index (χ1v) is 9.39. The van der Waals surface area contributed by atoms with Crippen molar-refractivity contribution < 1.29 is 14.2 Å². The lowest BCUT2D eigenvalue weighted by atomic mass is 10.1. The third-order valence-corrected chi connectivity index (χ3v) is 4.66. The summed E-state index contributed by atoms with van der Waals surface area (Å²) in [5.74, 6) is 1.99. The number of anilines is 1. The summed E-state index contributed by atoms with van der Waals surface area (Å²) in [6, 6.07) is 19.8. The normalized spacial score (nSPS) is 10.4. The monoisotopic (exact) mass is 397 g/mol. The van der Waals surface area contributed by atoms with Crippen molar-refractivity contribution in [3.8, 4) is 17.2 Å². The van der Waals surface area contributed by atoms with Gasteiger partial charge in [0.05, 0.1) is 19.2 Å². The molecule has 0 fully saturated rings. The fourth-order valence-corrected chi connectivity index (χ4v) is 3.06. The van der Waals surface area contributed by atoms with Crippen LogP contribution in [0.5, 0.6) is 17.2 Å². The van der Waals surface area contributed by atoms with Crippen LogP contribution in [0.25, 0.3) is 0 Å². The molecular formula is C23H24ClNO3. The fourth-order valence-electron chi connectivity index (χ4n) is 2.77. The third-order valence-electron chi connectivity index (χ3n) is 4.38. The molecule has 0 saturated carbocycles. The van der Waals surface area contributed by atoms with Gasteiger partial charge in [-0.05, 0) is 54.4 Å². The van der Waals surface area contributed by atoms with Gasteiger partial charge in [-0.3, -0.25) is 0 Å². The minimum absolute atomic E-state index is 0.430. The van der Waals surface area contributed by atoms with E-state index in [1.54, 1.807) is 14.2 Å². The first-order valence-electron chi connectivity index (χ1n) is 9.01. The van der Waals surface area contributed by atoms with Crippen LogP contribution in [0.15, 0.2) is 60.7 Å². The highest BCUT2D eigenvalue weighted by atomic mass is 35.5. The van der Waals surface area contributed by atoms with Gasteiger partial charge in [0.25, 0.3) is 0 Å². The maximum absolute atomic E-state index is 6.48. The Bertz CT molecular complexity index is 908. The molecular weight excluding hydrogens is 374 g/mol. The van der Waals surface area contributed by atoms with E-state index >= 15 is 0 Å². The molecule has 146 valence electrons. The Labute approximate surface area is 171 Å². The Morgan fingerprint density at radius 2 is 1.57 bits per heavy atom. The molecule has 0 amide bonds. The standard InChI is InChI=1S/C23H24ClNO3/c1-16-4-6-17(7-5-16)15-28-23-21(24)12-18(13-22(23)27-3)14-25-19-8-10-20(26-2)11-9-19/h4-13,25H,14-15H2,1-3H3. The molecule has 4 nitrogen and oxygen atoms in total. The van der Waals surface area contributed by atoms with Gasteiger partial charge in [-0.15, -0.1) is 0 Å². The van der Waals surface area contributed by atoms with E-state index in [2.05, 4.69) is 24.4 Å². The molecule has 0 aliphatic heterocycles. The molecule has 0 saturated heterocycles. The van der Waals surface area contributed by atoms with Crippen LogP contribution >= 0.6 is 11.6 Å². The summed E-state index contributed by atoms with van der Waals surface area (Å²) < 4.78 is 16.6. The second kappa shape index (κ2) is 9.38. The van der Waals surface area contributed by atoms with Gasteiger partial charge in [0.1, 0.15) is 12.4 Å². The predicted octanol–water partition coefficient (Wildman–Crippen LogP) is 5.86. The zero-order chi connectivity index (χ0) is 19.9. The average Bonchev–Trinajstić information content (AvgIpc) is 2.72. The molecule has 3 aromatic rings. The van der Waals surface area contributed by atoms with Crippen LogP contribution in [0.3, 0.4) is 0 Å². The number of hydrogen-bond donors (Lipinski definition) is 1. The van der Waals surface area contributed by atoms with E-state index < -0.39 is 0 Å². The molecule has 0 aromatic heterocycles. The lowest BCUT2D eigenvalue weighted by Gasteiger charge is -2.15. The maximum atomic E-state index is 6.48. The summed E-state index contributed by atoms with van der Waals surface area (Å²) in [6.07, 6.45) is 0. The molecule has 0 unspecified atom stereocenters. The van der Waals surface area contributed by atoms with Gasteiger partial charge in [-0.1, -0.05) is 41.4 Å². The van der Waals surface area contributed by atoms with E-state index in [0.29, 0.717) is 29.7 Å². The summed E-state index contributed by atoms with van der Waals surface area (Å²) in [7, 11) is 3.27. The molecule has 0 bridgehead atoms. The number of hydrogen-bond acceptors (Lipinski definition) is 4. The highest BCUT2D eigenvalue weighted by Gasteiger charge is 2.12. The van der Waals surface area contributed by atoms with E-state index in [1.165, 1.54) is 5.56 Å². The first kappa shape index (κ1) is 19.9. The minimum Gasteiger partial charge on any atom is -0.497 e. The van der Waals surface area contributed by atoms with Crippen molar-refractivity contribution in [2.75, 3.05) is 19.5 Å². The summed E-state index contributed by atoms with van der Waals surface area (Å²) in [5, 5.41) is 3.89. The van der Waals surface area contributed by atoms with Crippen LogP contribution in [0.2, 0.25) is 5.02 Å². The summed E-state index contributed by atoms with van der Waals surface area (Å²) >= 11 is 6.48. The van der Waals surface area contributed by atoms with Crippen LogP contribution in [0, 0.1) is 6.92 Å². The molecule has 3 aromatic carbocycles. The Morgan fingerprint density at radius 3 is 2.21 bits per heavy atom. The van der Waals surface area contributed by atoms with Crippen molar-refractivity contribution in [1.29, 1.82) is 0 Å². The van der Waals surface area contributed by atoms with Crippen LogP contribution in [-0.4, -0.2) is 14.2 Å². The molecule has 0 aliphatic carbocycles. The Hall–Kier alpha value is -2.85. The average molecular weight is 398 g/mol. The number of methoxy groups -OCH3 is 2. The quantitative estimate of drug-likeness (QED) is 0.517. The molecule has 1 N–H and O–H groups in total. The maximum Gasteiger partial charge on any atom is 0.180 e. The second-order valence-corrected chi connectivity index (χ2v) is 6.87. The first-order chi connectivity index (χ1) is 13.6. The van der Waals surface area contributed by atoms with Gasteiger partial charge in [0.15, 0.2) is 11.5 Å². The number of aryl methyl sites for hydroxylation is 1. The second-order valence-electron chi connectivity index (χ2n) is 6.47. The number of benzene rings is 3. The lowest BCUT2D eigenvalue weighted by molar-refractivity contribution is 0.284. The molecule has 28 heavy (non-hydrogen) atoms. The largest absolute Gasteiger partial charge is 0.497 e. The summed E-state index contributed by atoms with van der Waals surface area (Å²) in [5.41, 5.74) is 4.29. The Morgan fingerprint density at radius 1 is 0.857 bits per heavy atom. The number of rotatable bonds is 8. The minimum atomic E-state index is 0.430. The fraction of sp³-hybridized carbons (Fsp3) is 0.217. The van der Waals surface area contributed by atoms with Crippen LogP contribution in [-0.2, 0) is 13.2 Å². The van der Waals surface area contributed by atoms with Crippen LogP contribution in [0.1, 0.15) is 16.7 Å². The van der Waals surface area contributed by atoms with Gasteiger partial charge >= 0.3 is 0 Å². The molecule has 0 heterocycles. The van der Waals surface area contributed by atoms with E-state index in [0.717, 1.165) is 22.6 Å².